The monoisotopic (exact) mass is 385 g/mol. The fraction of sp³-hybridized carbons (Fsp3) is 0.222. The fourth-order valence-electron chi connectivity index (χ4n) is 2.73. The van der Waals surface area contributed by atoms with Gasteiger partial charge in [0.15, 0.2) is 11.5 Å². The van der Waals surface area contributed by atoms with Gasteiger partial charge in [-0.25, -0.2) is 0 Å². The van der Waals surface area contributed by atoms with Gasteiger partial charge in [-0.3, -0.25) is 4.79 Å². The van der Waals surface area contributed by atoms with Gasteiger partial charge in [-0.1, -0.05) is 23.7 Å². The molecule has 0 spiro atoms. The second-order valence-corrected chi connectivity index (χ2v) is 6.36. The largest absolute Gasteiger partial charge is 0.489 e. The molecule has 0 radical (unpaired) electrons. The van der Waals surface area contributed by atoms with E-state index in [4.69, 9.17) is 21.1 Å². The second kappa shape index (κ2) is 7.63. The van der Waals surface area contributed by atoms with Crippen LogP contribution in [0.5, 0.6) is 11.5 Å². The van der Waals surface area contributed by atoms with E-state index in [0.29, 0.717) is 47.7 Å². The average Bonchev–Trinajstić information content (AvgIpc) is 3.12. The molecule has 2 aromatic carbocycles. The Labute approximate surface area is 159 Å². The minimum absolute atomic E-state index is 0.196. The van der Waals surface area contributed by atoms with Crippen LogP contribution in [0.15, 0.2) is 36.4 Å². The van der Waals surface area contributed by atoms with Crippen LogP contribution in [0.1, 0.15) is 22.3 Å². The molecular formula is C18H16ClN5O3. The average molecular weight is 386 g/mol. The molecule has 138 valence electrons. The van der Waals surface area contributed by atoms with Gasteiger partial charge in [0, 0.05) is 24.1 Å². The number of ether oxygens (including phenoxy) is 2. The quantitative estimate of drug-likeness (QED) is 0.715. The van der Waals surface area contributed by atoms with Gasteiger partial charge in [-0.2, -0.15) is 5.21 Å². The number of benzene rings is 2. The SMILES string of the molecule is O=C(NCc1cc(Cl)c2c(c1)OCCCO2)c1ccc(-c2nn[nH]n2)cc1. The van der Waals surface area contributed by atoms with E-state index < -0.39 is 0 Å². The zero-order chi connectivity index (χ0) is 18.6. The predicted molar refractivity (Wildman–Crippen MR) is 97.8 cm³/mol. The summed E-state index contributed by atoms with van der Waals surface area (Å²) in [7, 11) is 0. The molecule has 1 amide bonds. The number of aromatic nitrogens is 4. The van der Waals surface area contributed by atoms with Crippen LogP contribution in [-0.2, 0) is 6.54 Å². The molecule has 0 unspecified atom stereocenters. The first-order valence-corrected chi connectivity index (χ1v) is 8.78. The lowest BCUT2D eigenvalue weighted by atomic mass is 10.1. The Balaban J connectivity index is 1.43. The third-order valence-electron chi connectivity index (χ3n) is 4.07. The van der Waals surface area contributed by atoms with Crippen molar-refractivity contribution in [3.8, 4) is 22.9 Å². The molecule has 4 rings (SSSR count). The maximum absolute atomic E-state index is 12.4. The van der Waals surface area contributed by atoms with Crippen molar-refractivity contribution in [1.29, 1.82) is 0 Å². The van der Waals surface area contributed by atoms with Crippen molar-refractivity contribution in [3.05, 3.63) is 52.5 Å². The number of carbonyl (C=O) groups is 1. The Morgan fingerprint density at radius 3 is 2.78 bits per heavy atom. The number of nitrogens with zero attached hydrogens (tertiary/aromatic N) is 3. The molecule has 3 aromatic rings. The molecule has 9 heteroatoms. The number of carbonyl (C=O) groups excluding carboxylic acids is 1. The Morgan fingerprint density at radius 1 is 1.19 bits per heavy atom. The molecule has 2 N–H and O–H groups in total. The summed E-state index contributed by atoms with van der Waals surface area (Å²) >= 11 is 6.28. The Bertz CT molecular complexity index is 944. The molecule has 2 heterocycles. The van der Waals surface area contributed by atoms with Crippen molar-refractivity contribution in [2.45, 2.75) is 13.0 Å². The number of rotatable bonds is 4. The molecule has 0 atom stereocenters. The van der Waals surface area contributed by atoms with E-state index >= 15 is 0 Å². The standard InChI is InChI=1S/C18H16ClN5O3/c19-14-8-11(9-15-16(14)27-7-1-6-26-15)10-20-18(25)13-4-2-12(3-5-13)17-21-23-24-22-17/h2-5,8-9H,1,6-7,10H2,(H,20,25)(H,21,22,23,24). The molecule has 0 aliphatic carbocycles. The molecule has 8 nitrogen and oxygen atoms in total. The van der Waals surface area contributed by atoms with Gasteiger partial charge in [-0.05, 0) is 35.0 Å². The van der Waals surface area contributed by atoms with Crippen molar-refractivity contribution in [3.63, 3.8) is 0 Å². The molecule has 0 fully saturated rings. The highest BCUT2D eigenvalue weighted by Gasteiger charge is 2.16. The van der Waals surface area contributed by atoms with Gasteiger partial charge < -0.3 is 14.8 Å². The second-order valence-electron chi connectivity index (χ2n) is 5.95. The van der Waals surface area contributed by atoms with E-state index in [1.54, 1.807) is 30.3 Å². The number of H-pyrrole nitrogens is 1. The fourth-order valence-corrected chi connectivity index (χ4v) is 3.01. The molecule has 27 heavy (non-hydrogen) atoms. The third kappa shape index (κ3) is 3.85. The number of halogens is 1. The smallest absolute Gasteiger partial charge is 0.251 e. The van der Waals surface area contributed by atoms with Crippen LogP contribution in [0.4, 0.5) is 0 Å². The predicted octanol–water partition coefficient (Wildman–Crippen LogP) is 2.61. The maximum Gasteiger partial charge on any atom is 0.251 e. The molecule has 1 aliphatic heterocycles. The van der Waals surface area contributed by atoms with Crippen LogP contribution in [0, 0.1) is 0 Å². The van der Waals surface area contributed by atoms with Gasteiger partial charge in [0.25, 0.3) is 5.91 Å². The lowest BCUT2D eigenvalue weighted by Crippen LogP contribution is -2.22. The van der Waals surface area contributed by atoms with Gasteiger partial charge in [0.1, 0.15) is 0 Å². The molecular weight excluding hydrogens is 370 g/mol. The lowest BCUT2D eigenvalue weighted by Gasteiger charge is -2.12. The van der Waals surface area contributed by atoms with Gasteiger partial charge in [0.05, 0.1) is 18.2 Å². The number of fused-ring (bicyclic) bond motifs is 1. The highest BCUT2D eigenvalue weighted by Crippen LogP contribution is 2.37. The van der Waals surface area contributed by atoms with Crippen LogP contribution >= 0.6 is 11.6 Å². The van der Waals surface area contributed by atoms with Crippen molar-refractivity contribution in [2.75, 3.05) is 13.2 Å². The number of tetrazole rings is 1. The highest BCUT2D eigenvalue weighted by molar-refractivity contribution is 6.32. The number of hydrogen-bond donors (Lipinski definition) is 2. The summed E-state index contributed by atoms with van der Waals surface area (Å²) in [6, 6.07) is 10.6. The molecule has 1 aromatic heterocycles. The summed E-state index contributed by atoms with van der Waals surface area (Å²) in [6.07, 6.45) is 0.803. The highest BCUT2D eigenvalue weighted by atomic mass is 35.5. The minimum Gasteiger partial charge on any atom is -0.489 e. The van der Waals surface area contributed by atoms with Crippen molar-refractivity contribution in [1.82, 2.24) is 25.9 Å². The van der Waals surface area contributed by atoms with E-state index in [1.807, 2.05) is 6.07 Å². The summed E-state index contributed by atoms with van der Waals surface area (Å²) < 4.78 is 11.3. The van der Waals surface area contributed by atoms with Crippen molar-refractivity contribution >= 4 is 17.5 Å². The Kier molecular flexibility index (Phi) is 4.88. The molecule has 0 saturated heterocycles. The van der Waals surface area contributed by atoms with Crippen molar-refractivity contribution in [2.24, 2.45) is 0 Å². The summed E-state index contributed by atoms with van der Waals surface area (Å²) in [6.45, 7) is 1.47. The van der Waals surface area contributed by atoms with E-state index in [-0.39, 0.29) is 5.91 Å². The number of hydrogen-bond acceptors (Lipinski definition) is 6. The number of amides is 1. The molecule has 0 saturated carbocycles. The summed E-state index contributed by atoms with van der Waals surface area (Å²) in [5, 5.41) is 17.1. The normalized spacial score (nSPS) is 13.1. The van der Waals surface area contributed by atoms with Gasteiger partial charge in [0.2, 0.25) is 5.82 Å². The van der Waals surface area contributed by atoms with Crippen molar-refractivity contribution < 1.29 is 14.3 Å². The van der Waals surface area contributed by atoms with Crippen LogP contribution < -0.4 is 14.8 Å². The van der Waals surface area contributed by atoms with Gasteiger partial charge in [-0.15, -0.1) is 10.2 Å². The van der Waals surface area contributed by atoms with E-state index in [1.165, 1.54) is 0 Å². The Morgan fingerprint density at radius 2 is 2.00 bits per heavy atom. The zero-order valence-corrected chi connectivity index (χ0v) is 15.0. The molecule has 1 aliphatic rings. The Hall–Kier alpha value is -3.13. The van der Waals surface area contributed by atoms with Crippen LogP contribution in [0.2, 0.25) is 5.02 Å². The lowest BCUT2D eigenvalue weighted by molar-refractivity contribution is 0.0951. The van der Waals surface area contributed by atoms with Crippen LogP contribution in [-0.4, -0.2) is 39.7 Å². The third-order valence-corrected chi connectivity index (χ3v) is 4.35. The van der Waals surface area contributed by atoms with E-state index in [0.717, 1.165) is 17.5 Å². The minimum atomic E-state index is -0.196. The summed E-state index contributed by atoms with van der Waals surface area (Å²) in [5.41, 5.74) is 2.14. The first-order valence-electron chi connectivity index (χ1n) is 8.41. The van der Waals surface area contributed by atoms with Crippen LogP contribution in [0.3, 0.4) is 0 Å². The summed E-state index contributed by atoms with van der Waals surface area (Å²) in [5.74, 6) is 1.44. The number of nitrogens with one attached hydrogen (secondary N) is 2. The first kappa shape index (κ1) is 17.3. The maximum atomic E-state index is 12.4. The number of aromatic amines is 1. The van der Waals surface area contributed by atoms with E-state index in [2.05, 4.69) is 25.9 Å². The van der Waals surface area contributed by atoms with Gasteiger partial charge >= 0.3 is 0 Å². The van der Waals surface area contributed by atoms with Crippen LogP contribution in [0.25, 0.3) is 11.4 Å². The first-order chi connectivity index (χ1) is 13.2. The summed E-state index contributed by atoms with van der Waals surface area (Å²) in [4.78, 5) is 12.4. The van der Waals surface area contributed by atoms with E-state index in [9.17, 15) is 4.79 Å². The zero-order valence-electron chi connectivity index (χ0n) is 14.2. The topological polar surface area (TPSA) is 102 Å². The molecule has 0 bridgehead atoms.